The minimum atomic E-state index is 0.0128. The third kappa shape index (κ3) is 3.04. The van der Waals surface area contributed by atoms with Crippen LogP contribution in [-0.2, 0) is 0 Å². The number of carbonyl (C=O) groups excluding carboxylic acids is 1. The molecule has 3 N–H and O–H groups in total. The predicted molar refractivity (Wildman–Crippen MR) is 73.3 cm³/mol. The maximum atomic E-state index is 12.5. The number of benzene rings is 1. The lowest BCUT2D eigenvalue weighted by Crippen LogP contribution is -2.34. The molecule has 0 atom stereocenters. The fourth-order valence-electron chi connectivity index (χ4n) is 2.15. The van der Waals surface area contributed by atoms with Gasteiger partial charge >= 0.3 is 0 Å². The molecule has 0 bridgehead atoms. The second-order valence-electron chi connectivity index (χ2n) is 4.81. The molecule has 0 aliphatic heterocycles. The number of hydrazine groups is 1. The minimum Gasteiger partial charge on any atom is -0.335 e. The van der Waals surface area contributed by atoms with Gasteiger partial charge in [0.1, 0.15) is 0 Å². The summed E-state index contributed by atoms with van der Waals surface area (Å²) in [5.74, 6) is 5.36. The van der Waals surface area contributed by atoms with Crippen molar-refractivity contribution in [3.63, 3.8) is 0 Å². The van der Waals surface area contributed by atoms with Crippen molar-refractivity contribution in [2.75, 3.05) is 12.0 Å². The van der Waals surface area contributed by atoms with Crippen molar-refractivity contribution in [1.82, 2.24) is 4.90 Å². The van der Waals surface area contributed by atoms with Crippen LogP contribution < -0.4 is 11.3 Å². The molecule has 5 nitrogen and oxygen atoms in total. The van der Waals surface area contributed by atoms with Crippen LogP contribution in [0, 0.1) is 18.3 Å². The van der Waals surface area contributed by atoms with E-state index in [2.05, 4.69) is 11.5 Å². The first-order chi connectivity index (χ1) is 9.17. The highest BCUT2D eigenvalue weighted by molar-refractivity contribution is 5.96. The number of nitriles is 1. The van der Waals surface area contributed by atoms with Gasteiger partial charge in [-0.05, 0) is 43.5 Å². The van der Waals surface area contributed by atoms with Crippen molar-refractivity contribution in [2.24, 2.45) is 5.84 Å². The zero-order valence-corrected chi connectivity index (χ0v) is 11.0. The number of hydrogen-bond donors (Lipinski definition) is 2. The first kappa shape index (κ1) is 13.4. The number of aryl methyl sites for hydroxylation is 1. The zero-order chi connectivity index (χ0) is 13.8. The van der Waals surface area contributed by atoms with E-state index in [-0.39, 0.29) is 5.91 Å². The second kappa shape index (κ2) is 5.72. The fraction of sp³-hybridized carbons (Fsp3) is 0.429. The van der Waals surface area contributed by atoms with Crippen LogP contribution in [-0.4, -0.2) is 23.4 Å². The molecule has 1 saturated carbocycles. The molecular formula is C14H18N4O. The molecule has 1 aromatic carbocycles. The molecule has 5 heteroatoms. The summed E-state index contributed by atoms with van der Waals surface area (Å²) in [5, 5.41) is 8.68. The van der Waals surface area contributed by atoms with Gasteiger partial charge in [0.2, 0.25) is 0 Å². The lowest BCUT2D eigenvalue weighted by Gasteiger charge is -2.22. The normalized spacial score (nSPS) is 13.7. The Balaban J connectivity index is 2.19. The molecule has 1 amide bonds. The van der Waals surface area contributed by atoms with Crippen molar-refractivity contribution in [1.29, 1.82) is 5.26 Å². The Kier molecular flexibility index (Phi) is 4.03. The van der Waals surface area contributed by atoms with Crippen LogP contribution in [0.3, 0.4) is 0 Å². The largest absolute Gasteiger partial charge is 0.335 e. The van der Waals surface area contributed by atoms with E-state index in [0.717, 1.165) is 24.1 Å². The van der Waals surface area contributed by atoms with Crippen LogP contribution in [0.25, 0.3) is 0 Å². The molecule has 0 heterocycles. The lowest BCUT2D eigenvalue weighted by molar-refractivity contribution is 0.0746. The van der Waals surface area contributed by atoms with Crippen molar-refractivity contribution in [3.8, 4) is 6.07 Å². The van der Waals surface area contributed by atoms with E-state index in [9.17, 15) is 4.79 Å². The molecule has 100 valence electrons. The number of rotatable bonds is 5. The van der Waals surface area contributed by atoms with Crippen LogP contribution in [0.15, 0.2) is 18.2 Å². The van der Waals surface area contributed by atoms with Gasteiger partial charge in [0.05, 0.1) is 12.5 Å². The average Bonchev–Trinajstić information content (AvgIpc) is 3.23. The number of amides is 1. The van der Waals surface area contributed by atoms with E-state index in [1.54, 1.807) is 12.1 Å². The van der Waals surface area contributed by atoms with Gasteiger partial charge in [-0.1, -0.05) is 0 Å². The van der Waals surface area contributed by atoms with Crippen LogP contribution in [0.4, 0.5) is 5.69 Å². The number of nitrogens with two attached hydrogens (primary N) is 1. The molecule has 19 heavy (non-hydrogen) atoms. The average molecular weight is 258 g/mol. The maximum Gasteiger partial charge on any atom is 0.254 e. The summed E-state index contributed by atoms with van der Waals surface area (Å²) < 4.78 is 0. The first-order valence-corrected chi connectivity index (χ1v) is 6.42. The van der Waals surface area contributed by atoms with Gasteiger partial charge in [0, 0.05) is 23.8 Å². The van der Waals surface area contributed by atoms with E-state index in [1.807, 2.05) is 17.9 Å². The van der Waals surface area contributed by atoms with Gasteiger partial charge in [-0.15, -0.1) is 0 Å². The topological polar surface area (TPSA) is 82.2 Å². The Morgan fingerprint density at radius 1 is 1.58 bits per heavy atom. The Morgan fingerprint density at radius 2 is 2.32 bits per heavy atom. The molecular weight excluding hydrogens is 240 g/mol. The molecule has 1 aliphatic carbocycles. The fourth-order valence-corrected chi connectivity index (χ4v) is 2.15. The van der Waals surface area contributed by atoms with Gasteiger partial charge in [0.25, 0.3) is 5.91 Å². The Bertz CT molecular complexity index is 517. The van der Waals surface area contributed by atoms with Crippen molar-refractivity contribution < 1.29 is 4.79 Å². The molecule has 0 saturated heterocycles. The van der Waals surface area contributed by atoms with Gasteiger partial charge in [-0.2, -0.15) is 5.26 Å². The van der Waals surface area contributed by atoms with E-state index in [1.165, 1.54) is 0 Å². The Morgan fingerprint density at radius 3 is 2.84 bits per heavy atom. The van der Waals surface area contributed by atoms with E-state index >= 15 is 0 Å². The third-order valence-electron chi connectivity index (χ3n) is 3.34. The monoisotopic (exact) mass is 258 g/mol. The molecule has 1 aromatic rings. The van der Waals surface area contributed by atoms with Gasteiger partial charge in [0.15, 0.2) is 0 Å². The van der Waals surface area contributed by atoms with Gasteiger partial charge in [-0.25, -0.2) is 0 Å². The van der Waals surface area contributed by atoms with E-state index in [4.69, 9.17) is 11.1 Å². The highest BCUT2D eigenvalue weighted by Crippen LogP contribution is 2.29. The predicted octanol–water partition coefficient (Wildman–Crippen LogP) is 1.80. The second-order valence-corrected chi connectivity index (χ2v) is 4.81. The summed E-state index contributed by atoms with van der Waals surface area (Å²) in [4.78, 5) is 14.3. The molecule has 0 radical (unpaired) electrons. The summed E-state index contributed by atoms with van der Waals surface area (Å²) >= 11 is 0. The number of nitrogen functional groups attached to an aromatic ring is 1. The molecule has 2 rings (SSSR count). The number of hydrogen-bond acceptors (Lipinski definition) is 4. The maximum absolute atomic E-state index is 12.5. The minimum absolute atomic E-state index is 0.0128. The molecule has 1 aliphatic rings. The van der Waals surface area contributed by atoms with Crippen LogP contribution in [0.1, 0.15) is 35.2 Å². The van der Waals surface area contributed by atoms with Gasteiger partial charge < -0.3 is 10.3 Å². The summed E-state index contributed by atoms with van der Waals surface area (Å²) in [6, 6.07) is 7.84. The lowest BCUT2D eigenvalue weighted by atomic mass is 10.1. The molecule has 0 spiro atoms. The number of carbonyl (C=O) groups is 1. The Hall–Kier alpha value is -2.06. The third-order valence-corrected chi connectivity index (χ3v) is 3.34. The summed E-state index contributed by atoms with van der Waals surface area (Å²) in [5.41, 5.74) is 4.92. The van der Waals surface area contributed by atoms with Crippen molar-refractivity contribution >= 4 is 11.6 Å². The summed E-state index contributed by atoms with van der Waals surface area (Å²) in [6.07, 6.45) is 2.46. The Labute approximate surface area is 113 Å². The zero-order valence-electron chi connectivity index (χ0n) is 11.0. The number of anilines is 1. The van der Waals surface area contributed by atoms with Crippen LogP contribution in [0.2, 0.25) is 0 Å². The van der Waals surface area contributed by atoms with Crippen LogP contribution >= 0.6 is 0 Å². The number of nitrogens with one attached hydrogen (secondary N) is 1. The molecule has 0 unspecified atom stereocenters. The van der Waals surface area contributed by atoms with Crippen molar-refractivity contribution in [3.05, 3.63) is 29.3 Å². The highest BCUT2D eigenvalue weighted by Gasteiger charge is 2.33. The summed E-state index contributed by atoms with van der Waals surface area (Å²) in [7, 11) is 0. The molecule has 1 fully saturated rings. The first-order valence-electron chi connectivity index (χ1n) is 6.42. The van der Waals surface area contributed by atoms with E-state index < -0.39 is 0 Å². The standard InChI is InChI=1S/C14H18N4O/c1-10-9-11(17-16)3-6-13(10)14(19)18(8-2-7-15)12-4-5-12/h3,6,9,12,17H,2,4-5,8,16H2,1H3. The highest BCUT2D eigenvalue weighted by atomic mass is 16.2. The van der Waals surface area contributed by atoms with Crippen LogP contribution in [0.5, 0.6) is 0 Å². The van der Waals surface area contributed by atoms with Gasteiger partial charge in [-0.3, -0.25) is 10.6 Å². The van der Waals surface area contributed by atoms with Crippen molar-refractivity contribution in [2.45, 2.75) is 32.2 Å². The quantitative estimate of drug-likeness (QED) is 0.623. The summed E-state index contributed by atoms with van der Waals surface area (Å²) in [6.45, 7) is 2.40. The smallest absolute Gasteiger partial charge is 0.254 e. The molecule has 0 aromatic heterocycles. The van der Waals surface area contributed by atoms with E-state index in [0.29, 0.717) is 24.6 Å². The SMILES string of the molecule is Cc1cc(NN)ccc1C(=O)N(CCC#N)C1CC1. The number of nitrogens with zero attached hydrogens (tertiary/aromatic N) is 2.